The second-order valence-corrected chi connectivity index (χ2v) is 21.2. The third-order valence-corrected chi connectivity index (χ3v) is 16.9. The summed E-state index contributed by atoms with van der Waals surface area (Å²) < 4.78 is 10.4. The molecule has 12 nitrogen and oxygen atoms in total. The summed E-state index contributed by atoms with van der Waals surface area (Å²) in [5.74, 6) is 1.99. The predicted octanol–water partition coefficient (Wildman–Crippen LogP) is 8.77. The smallest absolute Gasteiger partial charge is 0.270 e. The number of benzene rings is 1. The third kappa shape index (κ3) is 5.53. The lowest BCUT2D eigenvalue weighted by Crippen LogP contribution is -2.82. The maximum absolute atomic E-state index is 14.1. The molecule has 0 radical (unpaired) electrons. The van der Waals surface area contributed by atoms with Gasteiger partial charge in [0.1, 0.15) is 11.5 Å². The van der Waals surface area contributed by atoms with E-state index < -0.39 is 0 Å². The number of hydrogen-bond donors (Lipinski definition) is 2. The van der Waals surface area contributed by atoms with Crippen LogP contribution in [0.1, 0.15) is 106 Å². The van der Waals surface area contributed by atoms with E-state index in [2.05, 4.69) is 70.0 Å². The Morgan fingerprint density at radius 3 is 2.47 bits per heavy atom. The van der Waals surface area contributed by atoms with Crippen molar-refractivity contribution in [2.45, 2.75) is 118 Å². The highest BCUT2D eigenvalue weighted by molar-refractivity contribution is 7.22. The van der Waals surface area contributed by atoms with Gasteiger partial charge < -0.3 is 25.2 Å². The summed E-state index contributed by atoms with van der Waals surface area (Å²) in [5, 5.41) is 21.9. The normalized spacial score (nSPS) is 30.1. The Balaban J connectivity index is 0.862. The number of nitrogens with zero attached hydrogens (tertiary/aromatic N) is 8. The molecular formula is C47H58N10O2S. The summed E-state index contributed by atoms with van der Waals surface area (Å²) >= 11 is 1.61. The average Bonchev–Trinajstić information content (AvgIpc) is 4.03. The number of anilines is 4. The number of ether oxygens (including phenoxy) is 1. The Bertz CT molecular complexity index is 2480. The number of pyridine rings is 1. The zero-order chi connectivity index (χ0) is 41.2. The van der Waals surface area contributed by atoms with Crippen LogP contribution in [-0.4, -0.2) is 85.2 Å². The number of hydrogen-bond acceptors (Lipinski definition) is 11. The van der Waals surface area contributed by atoms with Gasteiger partial charge in [-0.05, 0) is 139 Å². The minimum atomic E-state index is -0.191. The van der Waals surface area contributed by atoms with Gasteiger partial charge in [0.05, 0.1) is 28.6 Å². The Labute approximate surface area is 356 Å². The van der Waals surface area contributed by atoms with Crippen molar-refractivity contribution in [1.82, 2.24) is 40.2 Å². The Hall–Kier alpha value is -4.46. The molecule has 4 saturated carbocycles. The third-order valence-electron chi connectivity index (χ3n) is 15.9. The molecule has 1 spiro atoms. The van der Waals surface area contributed by atoms with Gasteiger partial charge in [-0.25, -0.2) is 9.97 Å². The number of amides is 1. The van der Waals surface area contributed by atoms with Crippen molar-refractivity contribution in [3.05, 3.63) is 65.1 Å². The molecule has 2 atom stereocenters. The number of rotatable bonds is 12. The van der Waals surface area contributed by atoms with Gasteiger partial charge in [0.25, 0.3) is 5.91 Å². The molecule has 6 aliphatic rings. The molecule has 2 aliphatic heterocycles. The second-order valence-electron chi connectivity index (χ2n) is 20.1. The molecule has 1 saturated heterocycles. The quantitative estimate of drug-likeness (QED) is 0.126. The number of thiazole rings is 1. The topological polar surface area (TPSA) is 126 Å². The first-order valence-electron chi connectivity index (χ1n) is 22.3. The largest absolute Gasteiger partial charge is 0.373 e. The molecular weight excluding hydrogens is 769 g/mol. The molecule has 60 heavy (non-hydrogen) atoms. The highest BCUT2D eigenvalue weighted by Crippen LogP contribution is 2.95. The van der Waals surface area contributed by atoms with Crippen molar-refractivity contribution in [1.29, 1.82) is 0 Å². The Morgan fingerprint density at radius 1 is 0.917 bits per heavy atom. The molecule has 13 heteroatoms. The van der Waals surface area contributed by atoms with Crippen molar-refractivity contribution in [2.24, 2.45) is 21.7 Å². The summed E-state index contributed by atoms with van der Waals surface area (Å²) in [5.41, 5.74) is 7.54. The van der Waals surface area contributed by atoms with Crippen LogP contribution in [0.3, 0.4) is 0 Å². The molecule has 314 valence electrons. The van der Waals surface area contributed by atoms with E-state index in [0.717, 1.165) is 88.2 Å². The first-order valence-corrected chi connectivity index (χ1v) is 23.1. The number of nitrogens with one attached hydrogen (secondary N) is 2. The summed E-state index contributed by atoms with van der Waals surface area (Å²) in [4.78, 5) is 28.7. The molecule has 5 fully saturated rings. The molecule has 11 rings (SSSR count). The van der Waals surface area contributed by atoms with E-state index in [1.165, 1.54) is 58.0 Å². The van der Waals surface area contributed by atoms with Crippen LogP contribution in [0.4, 0.5) is 22.6 Å². The first-order chi connectivity index (χ1) is 28.8. The fourth-order valence-electron chi connectivity index (χ4n) is 14.2. The molecule has 5 aromatic rings. The Morgan fingerprint density at radius 2 is 1.70 bits per heavy atom. The van der Waals surface area contributed by atoms with Crippen LogP contribution in [0.25, 0.3) is 21.3 Å². The van der Waals surface area contributed by atoms with E-state index in [1.807, 2.05) is 44.3 Å². The summed E-state index contributed by atoms with van der Waals surface area (Å²) in [6.45, 7) is 19.4. The highest BCUT2D eigenvalue weighted by Gasteiger charge is 2.93. The van der Waals surface area contributed by atoms with Crippen molar-refractivity contribution in [3.63, 3.8) is 0 Å². The number of aromatic nitrogens is 6. The summed E-state index contributed by atoms with van der Waals surface area (Å²) in [6, 6.07) is 12.2. The fourth-order valence-corrected chi connectivity index (χ4v) is 15.1. The second kappa shape index (κ2) is 13.5. The van der Waals surface area contributed by atoms with Crippen molar-refractivity contribution in [2.75, 3.05) is 43.0 Å². The van der Waals surface area contributed by atoms with Gasteiger partial charge in [-0.15, -0.1) is 10.2 Å². The van der Waals surface area contributed by atoms with Crippen LogP contribution in [0.15, 0.2) is 42.6 Å². The molecule has 1 aromatic carbocycles. The first kappa shape index (κ1) is 38.5. The van der Waals surface area contributed by atoms with Crippen molar-refractivity contribution >= 4 is 50.0 Å². The summed E-state index contributed by atoms with van der Waals surface area (Å²) in [7, 11) is 0. The zero-order valence-corrected chi connectivity index (χ0v) is 36.8. The van der Waals surface area contributed by atoms with E-state index in [-0.39, 0.29) is 28.4 Å². The van der Waals surface area contributed by atoms with E-state index in [4.69, 9.17) is 24.9 Å². The predicted molar refractivity (Wildman–Crippen MR) is 236 cm³/mol. The van der Waals surface area contributed by atoms with Gasteiger partial charge in [0.2, 0.25) is 0 Å². The van der Waals surface area contributed by atoms with E-state index in [1.54, 1.807) is 11.3 Å². The average molecular weight is 827 g/mol. The van der Waals surface area contributed by atoms with Gasteiger partial charge in [0.15, 0.2) is 16.8 Å². The van der Waals surface area contributed by atoms with Gasteiger partial charge in [-0.3, -0.25) is 9.48 Å². The van der Waals surface area contributed by atoms with Gasteiger partial charge >= 0.3 is 0 Å². The summed E-state index contributed by atoms with van der Waals surface area (Å²) in [6.07, 6.45) is 12.5. The number of carbonyl (C=O) groups is 1. The van der Waals surface area contributed by atoms with E-state index in [0.29, 0.717) is 28.2 Å². The highest BCUT2D eigenvalue weighted by atomic mass is 32.1. The van der Waals surface area contributed by atoms with Crippen LogP contribution >= 0.6 is 11.3 Å². The van der Waals surface area contributed by atoms with Crippen LogP contribution in [0, 0.1) is 35.5 Å². The number of para-hydroxylation sites is 1. The lowest BCUT2D eigenvalue weighted by molar-refractivity contribution is -0.397. The number of carbonyl (C=O) groups excluding carboxylic acids is 1. The van der Waals surface area contributed by atoms with Crippen LogP contribution in [-0.2, 0) is 17.7 Å². The zero-order valence-electron chi connectivity index (χ0n) is 36.0. The molecule has 6 heterocycles. The molecule has 4 aliphatic carbocycles. The molecule has 4 aromatic heterocycles. The minimum Gasteiger partial charge on any atom is -0.373 e. The van der Waals surface area contributed by atoms with Crippen LogP contribution < -0.4 is 15.5 Å². The van der Waals surface area contributed by atoms with E-state index in [9.17, 15) is 4.79 Å². The van der Waals surface area contributed by atoms with E-state index >= 15 is 0 Å². The number of likely N-dealkylation sites (tertiary alicyclic amines) is 1. The molecule has 2 unspecified atom stereocenters. The minimum absolute atomic E-state index is 0.0433. The van der Waals surface area contributed by atoms with Crippen LogP contribution in [0.2, 0.25) is 0 Å². The standard InChI is InChI=1S/C47H58N10O2S/c1-29(2)49-41(58)38-33(15-16-37(51-38)56-19-11-12-32-30(3)39(53-54-40(32)56)52-42-50-35-13-7-8-14-36(35)60-42)34-22-48-57(31(34)4)28-45-23-43(5)25-46(59-21-20-55-17-9-10-18-55)26-44(6,24-45)47(43,46)27-45/h7-8,13-16,22,29H,9-12,17-21,23-28H2,1-6H3,(H,49,58)(H,50,52,53). The molecule has 2 bridgehead atoms. The molecule has 1 amide bonds. The lowest BCUT2D eigenvalue weighted by atomic mass is 9.25. The fraction of sp³-hybridized carbons (Fsp3) is 0.574. The SMILES string of the molecule is Cc1c(Nc2nc3ccccc3s2)nnc2c1CCCN2c1ccc(-c2cnn(CC34CC5(C)CC6(OCCN7CCCC7)CC(C)(C3)C56C4)c2C)c(C(=O)NC(C)C)n1. The lowest BCUT2D eigenvalue weighted by Gasteiger charge is -2.82. The van der Waals surface area contributed by atoms with Gasteiger partial charge in [-0.1, -0.05) is 37.3 Å². The van der Waals surface area contributed by atoms with Crippen LogP contribution in [0.5, 0.6) is 0 Å². The maximum atomic E-state index is 14.1. The van der Waals surface area contributed by atoms with Gasteiger partial charge in [-0.2, -0.15) is 5.10 Å². The van der Waals surface area contributed by atoms with Gasteiger partial charge in [0, 0.05) is 59.0 Å². The van der Waals surface area contributed by atoms with Crippen molar-refractivity contribution < 1.29 is 9.53 Å². The molecule has 2 N–H and O–H groups in total. The Kier molecular flexibility index (Phi) is 8.67. The number of fused-ring (bicyclic) bond motifs is 3. The maximum Gasteiger partial charge on any atom is 0.270 e. The monoisotopic (exact) mass is 826 g/mol. The van der Waals surface area contributed by atoms with Crippen molar-refractivity contribution in [3.8, 4) is 11.1 Å².